The maximum Gasteiger partial charge on any atom is 0.354 e. The predicted octanol–water partition coefficient (Wildman–Crippen LogP) is 4.53. The van der Waals surface area contributed by atoms with Crippen LogP contribution in [0.15, 0.2) is 36.5 Å². The number of carboxylic acids is 1. The molecular formula is C22H23NO2. The fourth-order valence-electron chi connectivity index (χ4n) is 3.41. The van der Waals surface area contributed by atoms with Gasteiger partial charge in [-0.05, 0) is 59.1 Å². The molecule has 1 N–H and O–H groups in total. The van der Waals surface area contributed by atoms with Gasteiger partial charge in [0.05, 0.1) is 0 Å². The van der Waals surface area contributed by atoms with Gasteiger partial charge in [-0.2, -0.15) is 0 Å². The maximum atomic E-state index is 10.8. The van der Waals surface area contributed by atoms with Gasteiger partial charge in [-0.25, -0.2) is 9.78 Å². The summed E-state index contributed by atoms with van der Waals surface area (Å²) in [5, 5.41) is 8.89. The largest absolute Gasteiger partial charge is 0.477 e. The first kappa shape index (κ1) is 17.2. The van der Waals surface area contributed by atoms with Gasteiger partial charge in [0.1, 0.15) is 5.69 Å². The van der Waals surface area contributed by atoms with E-state index >= 15 is 0 Å². The van der Waals surface area contributed by atoms with E-state index in [4.69, 9.17) is 5.11 Å². The van der Waals surface area contributed by atoms with Crippen LogP contribution >= 0.6 is 0 Å². The lowest BCUT2D eigenvalue weighted by atomic mass is 9.63. The smallest absolute Gasteiger partial charge is 0.354 e. The lowest BCUT2D eigenvalue weighted by Gasteiger charge is -2.41. The molecule has 0 saturated carbocycles. The van der Waals surface area contributed by atoms with Crippen LogP contribution in [0, 0.1) is 11.8 Å². The van der Waals surface area contributed by atoms with E-state index in [0.29, 0.717) is 5.56 Å². The van der Waals surface area contributed by atoms with Crippen molar-refractivity contribution in [1.29, 1.82) is 0 Å². The molecule has 25 heavy (non-hydrogen) atoms. The minimum Gasteiger partial charge on any atom is -0.477 e. The van der Waals surface area contributed by atoms with Gasteiger partial charge in [0.25, 0.3) is 0 Å². The van der Waals surface area contributed by atoms with Crippen LogP contribution in [0.3, 0.4) is 0 Å². The van der Waals surface area contributed by atoms with E-state index in [1.54, 1.807) is 6.07 Å². The summed E-state index contributed by atoms with van der Waals surface area (Å²) < 4.78 is 0. The van der Waals surface area contributed by atoms with Crippen molar-refractivity contribution in [2.45, 2.75) is 51.4 Å². The molecule has 1 aromatic heterocycles. The average molecular weight is 333 g/mol. The number of benzene rings is 1. The number of aromatic nitrogens is 1. The summed E-state index contributed by atoms with van der Waals surface area (Å²) in [7, 11) is 0. The third kappa shape index (κ3) is 3.44. The first-order chi connectivity index (χ1) is 11.7. The summed E-state index contributed by atoms with van der Waals surface area (Å²) >= 11 is 0. The summed E-state index contributed by atoms with van der Waals surface area (Å²) in [6.45, 7) is 9.21. The molecule has 1 aliphatic carbocycles. The highest BCUT2D eigenvalue weighted by atomic mass is 16.4. The molecule has 0 amide bonds. The maximum absolute atomic E-state index is 10.8. The Morgan fingerprint density at radius 2 is 1.56 bits per heavy atom. The fraction of sp³-hybridized carbons (Fsp3) is 0.364. The highest BCUT2D eigenvalue weighted by molar-refractivity contribution is 5.85. The molecule has 0 spiro atoms. The minimum atomic E-state index is -1.03. The van der Waals surface area contributed by atoms with Gasteiger partial charge in [0, 0.05) is 17.3 Å². The number of pyridine rings is 1. The fourth-order valence-corrected chi connectivity index (χ4v) is 3.41. The normalized spacial score (nSPS) is 17.1. The second-order valence-electron chi connectivity index (χ2n) is 8.02. The van der Waals surface area contributed by atoms with Crippen molar-refractivity contribution < 1.29 is 9.90 Å². The number of fused-ring (bicyclic) bond motifs is 1. The molecule has 0 aliphatic heterocycles. The van der Waals surface area contributed by atoms with Crippen molar-refractivity contribution in [2.75, 3.05) is 0 Å². The van der Waals surface area contributed by atoms with Crippen molar-refractivity contribution in [2.24, 2.45) is 0 Å². The quantitative estimate of drug-likeness (QED) is 0.780. The minimum absolute atomic E-state index is 0.0308. The van der Waals surface area contributed by atoms with E-state index in [9.17, 15) is 4.79 Å². The summed E-state index contributed by atoms with van der Waals surface area (Å²) in [6, 6.07) is 9.67. The average Bonchev–Trinajstić information content (AvgIpc) is 2.57. The molecule has 0 unspecified atom stereocenters. The number of hydrogen-bond donors (Lipinski definition) is 1. The number of rotatable bonds is 1. The molecule has 1 aliphatic rings. The predicted molar refractivity (Wildman–Crippen MR) is 98.9 cm³/mol. The summed E-state index contributed by atoms with van der Waals surface area (Å²) in [4.78, 5) is 14.7. The van der Waals surface area contributed by atoms with Crippen LogP contribution in [0.4, 0.5) is 0 Å². The molecule has 0 saturated heterocycles. The topological polar surface area (TPSA) is 50.2 Å². The van der Waals surface area contributed by atoms with E-state index < -0.39 is 5.97 Å². The van der Waals surface area contributed by atoms with E-state index in [1.165, 1.54) is 36.2 Å². The number of aromatic carboxylic acids is 1. The van der Waals surface area contributed by atoms with Crippen LogP contribution in [0.25, 0.3) is 0 Å². The highest BCUT2D eigenvalue weighted by Crippen LogP contribution is 2.45. The molecule has 3 nitrogen and oxygen atoms in total. The van der Waals surface area contributed by atoms with Crippen molar-refractivity contribution in [3.63, 3.8) is 0 Å². The lowest BCUT2D eigenvalue weighted by molar-refractivity contribution is 0.0690. The Bertz CT molecular complexity index is 880. The number of carboxylic acid groups (broad SMARTS) is 1. The van der Waals surface area contributed by atoms with Crippen LogP contribution in [0.5, 0.6) is 0 Å². The zero-order chi connectivity index (χ0) is 18.2. The molecule has 0 fully saturated rings. The standard InChI is InChI=1S/C22H23NO2/c1-21(2)11-12-22(3,4)18-13-15(7-9-17(18)21)5-6-16-8-10-19(20(24)25)23-14-16/h7-10,13-14H,11-12H2,1-4H3,(H,24,25). The van der Waals surface area contributed by atoms with Crippen LogP contribution < -0.4 is 0 Å². The lowest BCUT2D eigenvalue weighted by Crippen LogP contribution is -2.33. The van der Waals surface area contributed by atoms with Crippen LogP contribution in [0.2, 0.25) is 0 Å². The third-order valence-electron chi connectivity index (χ3n) is 5.19. The third-order valence-corrected chi connectivity index (χ3v) is 5.19. The van der Waals surface area contributed by atoms with E-state index in [0.717, 1.165) is 5.56 Å². The molecule has 3 heteroatoms. The molecule has 0 bridgehead atoms. The molecular weight excluding hydrogens is 310 g/mol. The van der Waals surface area contributed by atoms with Gasteiger partial charge in [-0.3, -0.25) is 0 Å². The number of hydrogen-bond acceptors (Lipinski definition) is 2. The Hall–Kier alpha value is -2.60. The molecule has 1 aromatic carbocycles. The molecule has 3 rings (SSSR count). The van der Waals surface area contributed by atoms with Gasteiger partial charge in [-0.15, -0.1) is 0 Å². The Labute approximate surface area is 149 Å². The Morgan fingerprint density at radius 1 is 0.960 bits per heavy atom. The summed E-state index contributed by atoms with van der Waals surface area (Å²) in [5.74, 6) is 5.24. The van der Waals surface area contributed by atoms with E-state index in [1.807, 2.05) is 0 Å². The van der Waals surface area contributed by atoms with Crippen LogP contribution in [-0.2, 0) is 10.8 Å². The van der Waals surface area contributed by atoms with Gasteiger partial charge >= 0.3 is 5.97 Å². The van der Waals surface area contributed by atoms with Gasteiger partial charge < -0.3 is 5.11 Å². The Morgan fingerprint density at radius 3 is 2.16 bits per heavy atom. The van der Waals surface area contributed by atoms with Crippen molar-refractivity contribution in [1.82, 2.24) is 4.98 Å². The van der Waals surface area contributed by atoms with Crippen LogP contribution in [-0.4, -0.2) is 16.1 Å². The molecule has 0 atom stereocenters. The summed E-state index contributed by atoms with van der Waals surface area (Å²) in [5.41, 5.74) is 4.88. The summed E-state index contributed by atoms with van der Waals surface area (Å²) in [6.07, 6.45) is 3.87. The Balaban J connectivity index is 1.94. The molecule has 2 aromatic rings. The molecule has 1 heterocycles. The zero-order valence-corrected chi connectivity index (χ0v) is 15.2. The number of carbonyl (C=O) groups is 1. The van der Waals surface area contributed by atoms with Crippen molar-refractivity contribution in [3.05, 3.63) is 64.5 Å². The second kappa shape index (κ2) is 6.04. The van der Waals surface area contributed by atoms with Gasteiger partial charge in [-0.1, -0.05) is 45.6 Å². The second-order valence-corrected chi connectivity index (χ2v) is 8.02. The first-order valence-electron chi connectivity index (χ1n) is 8.55. The number of nitrogens with zero attached hydrogens (tertiary/aromatic N) is 1. The van der Waals surface area contributed by atoms with Crippen molar-refractivity contribution >= 4 is 5.97 Å². The van der Waals surface area contributed by atoms with Crippen LogP contribution in [0.1, 0.15) is 73.3 Å². The van der Waals surface area contributed by atoms with Gasteiger partial charge in [0.2, 0.25) is 0 Å². The zero-order valence-electron chi connectivity index (χ0n) is 15.2. The highest BCUT2D eigenvalue weighted by Gasteiger charge is 2.36. The first-order valence-corrected chi connectivity index (χ1v) is 8.55. The Kier molecular flexibility index (Phi) is 4.16. The molecule has 0 radical (unpaired) electrons. The van der Waals surface area contributed by atoms with E-state index in [2.05, 4.69) is 62.7 Å². The molecule has 128 valence electrons. The SMILES string of the molecule is CC1(C)CCC(C)(C)c2cc(C#Cc3ccc(C(=O)O)nc3)ccc21. The van der Waals surface area contributed by atoms with Gasteiger partial charge in [0.15, 0.2) is 0 Å². The van der Waals surface area contributed by atoms with E-state index in [-0.39, 0.29) is 16.5 Å². The van der Waals surface area contributed by atoms with Crippen molar-refractivity contribution in [3.8, 4) is 11.8 Å². The monoisotopic (exact) mass is 333 g/mol.